The van der Waals surface area contributed by atoms with E-state index in [0.717, 1.165) is 8.14 Å². The Kier molecular flexibility index (Phi) is 6.96. The monoisotopic (exact) mass is 492 g/mol. The SMILES string of the molecule is Cn1cc([I+]c2ccccc2)c(=O)n(C)c1=O.O=S(=O)([O-])C(F)(F)F. The first-order valence-electron chi connectivity index (χ1n) is 6.33. The van der Waals surface area contributed by atoms with Crippen molar-refractivity contribution in [2.75, 3.05) is 0 Å². The molecule has 1 aromatic heterocycles. The van der Waals surface area contributed by atoms with Crippen molar-refractivity contribution in [1.82, 2.24) is 9.13 Å². The average molecular weight is 492 g/mol. The molecular weight excluding hydrogens is 480 g/mol. The first-order chi connectivity index (χ1) is 11.3. The van der Waals surface area contributed by atoms with Gasteiger partial charge >= 0.3 is 38.0 Å². The van der Waals surface area contributed by atoms with Crippen LogP contribution in [0, 0.1) is 7.14 Å². The largest absolute Gasteiger partial charge is 0.741 e. The Hall–Kier alpha value is -1.67. The van der Waals surface area contributed by atoms with E-state index in [1.54, 1.807) is 13.2 Å². The number of nitrogens with zero attached hydrogens (tertiary/aromatic N) is 2. The number of hydrogen-bond acceptors (Lipinski definition) is 5. The Morgan fingerprint density at radius 1 is 1.08 bits per heavy atom. The number of aryl methyl sites for hydroxylation is 1. The maximum atomic E-state index is 11.9. The minimum Gasteiger partial charge on any atom is -0.741 e. The number of aromatic nitrogens is 2. The van der Waals surface area contributed by atoms with Crippen molar-refractivity contribution < 1.29 is 47.3 Å². The highest BCUT2D eigenvalue weighted by Crippen LogP contribution is 2.20. The van der Waals surface area contributed by atoms with Gasteiger partial charge in [-0.1, -0.05) is 18.2 Å². The summed E-state index contributed by atoms with van der Waals surface area (Å²) in [5.41, 5.74) is -6.10. The average Bonchev–Trinajstić information content (AvgIpc) is 2.50. The predicted molar refractivity (Wildman–Crippen MR) is 76.5 cm³/mol. The van der Waals surface area contributed by atoms with Gasteiger partial charge in [0.1, 0.15) is 0 Å². The van der Waals surface area contributed by atoms with E-state index in [0.29, 0.717) is 0 Å². The highest BCUT2D eigenvalue weighted by atomic mass is 127. The van der Waals surface area contributed by atoms with Crippen molar-refractivity contribution in [1.29, 1.82) is 0 Å². The molecule has 2 aromatic rings. The summed E-state index contributed by atoms with van der Waals surface area (Å²) >= 11 is -0.532. The van der Waals surface area contributed by atoms with E-state index in [1.807, 2.05) is 30.3 Å². The van der Waals surface area contributed by atoms with E-state index >= 15 is 0 Å². The molecule has 1 heterocycles. The molecule has 12 heteroatoms. The molecule has 0 aliphatic heterocycles. The number of benzene rings is 1. The van der Waals surface area contributed by atoms with E-state index in [2.05, 4.69) is 0 Å². The van der Waals surface area contributed by atoms with Gasteiger partial charge in [0.2, 0.25) is 0 Å². The molecule has 1 aromatic carbocycles. The maximum absolute atomic E-state index is 11.9. The van der Waals surface area contributed by atoms with Crippen LogP contribution < -0.4 is 32.5 Å². The van der Waals surface area contributed by atoms with Gasteiger partial charge in [0, 0.05) is 14.1 Å². The lowest BCUT2D eigenvalue weighted by Gasteiger charge is -2.08. The Bertz CT molecular complexity index is 952. The topological polar surface area (TPSA) is 101 Å². The molecule has 0 aliphatic rings. The third kappa shape index (κ3) is 5.97. The molecule has 0 saturated carbocycles. The second-order valence-corrected chi connectivity index (χ2v) is 8.84. The Labute approximate surface area is 150 Å². The second kappa shape index (κ2) is 8.14. The normalized spacial score (nSPS) is 11.6. The van der Waals surface area contributed by atoms with Crippen LogP contribution in [-0.4, -0.2) is 27.6 Å². The van der Waals surface area contributed by atoms with E-state index in [4.69, 9.17) is 13.0 Å². The lowest BCUT2D eigenvalue weighted by Crippen LogP contribution is -3.62. The molecule has 0 aliphatic carbocycles. The quantitative estimate of drug-likeness (QED) is 0.258. The molecule has 2 rings (SSSR count). The fourth-order valence-corrected chi connectivity index (χ4v) is 4.02. The van der Waals surface area contributed by atoms with Crippen molar-refractivity contribution in [2.24, 2.45) is 14.1 Å². The van der Waals surface area contributed by atoms with Crippen LogP contribution in [0.3, 0.4) is 0 Å². The van der Waals surface area contributed by atoms with E-state index in [1.165, 1.54) is 15.2 Å². The van der Waals surface area contributed by atoms with E-state index < -0.39 is 36.8 Å². The van der Waals surface area contributed by atoms with Crippen LogP contribution in [-0.2, 0) is 24.2 Å². The summed E-state index contributed by atoms with van der Waals surface area (Å²) in [6.45, 7) is 0. The Morgan fingerprint density at radius 3 is 2.00 bits per heavy atom. The molecule has 138 valence electrons. The molecule has 0 radical (unpaired) electrons. The van der Waals surface area contributed by atoms with Gasteiger partial charge in [0.05, 0.1) is 6.20 Å². The van der Waals surface area contributed by atoms with Gasteiger partial charge in [-0.15, -0.1) is 0 Å². The van der Waals surface area contributed by atoms with Gasteiger partial charge in [-0.2, -0.15) is 13.2 Å². The van der Waals surface area contributed by atoms with E-state index in [-0.39, 0.29) is 11.2 Å². The van der Waals surface area contributed by atoms with Crippen LogP contribution in [0.1, 0.15) is 0 Å². The first-order valence-corrected chi connectivity index (χ1v) is 9.90. The summed E-state index contributed by atoms with van der Waals surface area (Å²) in [6.07, 6.45) is 1.66. The van der Waals surface area contributed by atoms with Crippen LogP contribution in [0.5, 0.6) is 0 Å². The van der Waals surface area contributed by atoms with Crippen molar-refractivity contribution in [3.8, 4) is 0 Å². The Balaban J connectivity index is 0.000000333. The number of alkyl halides is 3. The van der Waals surface area contributed by atoms with Gasteiger partial charge in [-0.25, -0.2) is 13.2 Å². The zero-order chi connectivity index (χ0) is 19.4. The molecule has 0 bridgehead atoms. The summed E-state index contributed by atoms with van der Waals surface area (Å²) in [4.78, 5) is 23.5. The number of rotatable bonds is 2. The molecule has 25 heavy (non-hydrogen) atoms. The Morgan fingerprint density at radius 2 is 1.56 bits per heavy atom. The third-order valence-corrected chi connectivity index (χ3v) is 5.86. The maximum Gasteiger partial charge on any atom is 0.485 e. The van der Waals surface area contributed by atoms with Gasteiger partial charge in [0.15, 0.2) is 13.7 Å². The lowest BCUT2D eigenvalue weighted by molar-refractivity contribution is -0.600. The molecule has 0 fully saturated rings. The summed E-state index contributed by atoms with van der Waals surface area (Å²) in [7, 11) is -2.91. The zero-order valence-electron chi connectivity index (χ0n) is 12.8. The molecular formula is C13H12F3IN2O5S. The van der Waals surface area contributed by atoms with Crippen LogP contribution in [0.2, 0.25) is 0 Å². The molecule has 0 atom stereocenters. The molecule has 0 N–H and O–H groups in total. The second-order valence-electron chi connectivity index (χ2n) is 4.52. The van der Waals surface area contributed by atoms with Gasteiger partial charge in [-0.3, -0.25) is 13.9 Å². The lowest BCUT2D eigenvalue weighted by atomic mass is 10.4. The highest BCUT2D eigenvalue weighted by Gasteiger charge is 2.36. The van der Waals surface area contributed by atoms with Crippen LogP contribution >= 0.6 is 0 Å². The summed E-state index contributed by atoms with van der Waals surface area (Å²) in [6, 6.07) is 9.89. The molecule has 0 unspecified atom stereocenters. The van der Waals surface area contributed by atoms with Crippen LogP contribution in [0.4, 0.5) is 13.2 Å². The third-order valence-electron chi connectivity index (χ3n) is 2.63. The van der Waals surface area contributed by atoms with Crippen molar-refractivity contribution >= 4 is 10.1 Å². The minimum atomic E-state index is -6.09. The smallest absolute Gasteiger partial charge is 0.485 e. The van der Waals surface area contributed by atoms with Gasteiger partial charge < -0.3 is 4.55 Å². The number of hydrogen-bond donors (Lipinski definition) is 0. The summed E-state index contributed by atoms with van der Waals surface area (Å²) in [5, 5.41) is 0. The van der Waals surface area contributed by atoms with E-state index in [9.17, 15) is 22.8 Å². The molecule has 7 nitrogen and oxygen atoms in total. The first kappa shape index (κ1) is 21.4. The van der Waals surface area contributed by atoms with Crippen molar-refractivity contribution in [2.45, 2.75) is 5.51 Å². The van der Waals surface area contributed by atoms with Gasteiger partial charge in [0.25, 0.3) is 3.57 Å². The number of halogens is 4. The van der Waals surface area contributed by atoms with Crippen LogP contribution in [0.25, 0.3) is 0 Å². The van der Waals surface area contributed by atoms with Gasteiger partial charge in [-0.05, 0) is 12.1 Å². The fourth-order valence-electron chi connectivity index (χ4n) is 1.42. The minimum absolute atomic E-state index is 0.176. The molecule has 0 saturated heterocycles. The summed E-state index contributed by atoms with van der Waals surface area (Å²) in [5.74, 6) is 0. The predicted octanol–water partition coefficient (Wildman–Crippen LogP) is -2.74. The molecule has 0 amide bonds. The van der Waals surface area contributed by atoms with Crippen LogP contribution in [0.15, 0.2) is 46.1 Å². The van der Waals surface area contributed by atoms with Crippen molar-refractivity contribution in [3.63, 3.8) is 0 Å². The highest BCUT2D eigenvalue weighted by molar-refractivity contribution is 7.86. The standard InChI is InChI=1S/C12H12IN2O2.CHF3O3S/c1-14-8-10(11(16)15(2)12(14)17)13-9-6-4-3-5-7-9;2-1(3,4)8(5,6)7/h3-8H,1-2H3;(H,5,6,7)/q+1;/p-1. The zero-order valence-corrected chi connectivity index (χ0v) is 15.8. The summed E-state index contributed by atoms with van der Waals surface area (Å²) < 4.78 is 63.4. The van der Waals surface area contributed by atoms with Crippen molar-refractivity contribution in [3.05, 3.63) is 64.5 Å². The fraction of sp³-hybridized carbons (Fsp3) is 0.231. The molecule has 0 spiro atoms.